The number of nitrogens with zero attached hydrogens (tertiary/aromatic N) is 1. The maximum absolute atomic E-state index is 13.5. The van der Waals surface area contributed by atoms with Crippen molar-refractivity contribution >= 4 is 16.7 Å². The Labute approximate surface area is 161 Å². The van der Waals surface area contributed by atoms with Crippen molar-refractivity contribution in [1.29, 1.82) is 0 Å². The third-order valence-electron chi connectivity index (χ3n) is 3.27. The maximum Gasteiger partial charge on any atom is 0.434 e. The Bertz CT molecular complexity index is 723. The fourth-order valence-electron chi connectivity index (χ4n) is 1.89. The molecule has 1 rings (SSSR count). The van der Waals surface area contributed by atoms with Crippen LogP contribution >= 0.6 is 0 Å². The van der Waals surface area contributed by atoms with Crippen molar-refractivity contribution in [3.63, 3.8) is 0 Å². The van der Waals surface area contributed by atoms with Gasteiger partial charge in [0.25, 0.3) is 0 Å². The molecule has 1 atom stereocenters. The molecule has 0 bridgehead atoms. The molecule has 0 N–H and O–H groups in total. The summed E-state index contributed by atoms with van der Waals surface area (Å²) in [5.74, 6) is -0.212. The lowest BCUT2D eigenvalue weighted by atomic mass is 10.1. The summed E-state index contributed by atoms with van der Waals surface area (Å²) in [6, 6.07) is 3.29. The van der Waals surface area contributed by atoms with Crippen LogP contribution in [0, 0.1) is 0 Å². The molecule has 1 aromatic rings. The third kappa shape index (κ3) is 7.69. The van der Waals surface area contributed by atoms with E-state index in [1.54, 1.807) is 0 Å². The van der Waals surface area contributed by atoms with Crippen LogP contribution in [0.25, 0.3) is 0 Å². The van der Waals surface area contributed by atoms with Gasteiger partial charge < -0.3 is 9.47 Å². The van der Waals surface area contributed by atoms with Crippen LogP contribution in [0.3, 0.4) is 0 Å². The quantitative estimate of drug-likeness (QED) is 0.336. The molecule has 1 aromatic carbocycles. The molecule has 4 nitrogen and oxygen atoms in total. The second-order valence-corrected chi connectivity index (χ2v) is 8.63. The lowest BCUT2D eigenvalue weighted by Crippen LogP contribution is -2.28. The van der Waals surface area contributed by atoms with Crippen LogP contribution in [0.1, 0.15) is 39.2 Å². The smallest absolute Gasteiger partial charge is 0.434 e. The van der Waals surface area contributed by atoms with E-state index in [1.807, 2.05) is 0 Å². The zero-order valence-corrected chi connectivity index (χ0v) is 16.5. The predicted molar refractivity (Wildman–Crippen MR) is 94.3 cm³/mol. The Morgan fingerprint density at radius 2 is 1.71 bits per heavy atom. The topological polar surface area (TPSA) is 47.9 Å². The van der Waals surface area contributed by atoms with Gasteiger partial charge in [0.2, 0.25) is 0 Å². The molecule has 11 heteroatoms. The molecule has 0 aliphatic heterocycles. The van der Waals surface area contributed by atoms with E-state index in [4.69, 9.17) is 9.47 Å². The second kappa shape index (κ2) is 9.15. The van der Waals surface area contributed by atoms with Gasteiger partial charge in [-0.05, 0) is 39.3 Å². The molecule has 0 saturated heterocycles. The van der Waals surface area contributed by atoms with Crippen molar-refractivity contribution in [2.75, 3.05) is 13.7 Å². The maximum atomic E-state index is 13.5. The lowest BCUT2D eigenvalue weighted by Gasteiger charge is -2.18. The minimum Gasteiger partial charge on any atom is -0.496 e. The average Bonchev–Trinajstić information content (AvgIpc) is 2.53. The van der Waals surface area contributed by atoms with E-state index in [0.29, 0.717) is 0 Å². The highest BCUT2D eigenvalue weighted by atomic mass is 32.2. The van der Waals surface area contributed by atoms with Gasteiger partial charge in [-0.2, -0.15) is 30.7 Å². The van der Waals surface area contributed by atoms with Crippen LogP contribution in [0.4, 0.5) is 26.3 Å². The molecule has 0 spiro atoms. The number of rotatable bonds is 7. The molecule has 0 unspecified atom stereocenters. The highest BCUT2D eigenvalue weighted by molar-refractivity contribution is 7.85. The van der Waals surface area contributed by atoms with Crippen molar-refractivity contribution in [2.24, 2.45) is 4.40 Å². The first-order valence-electron chi connectivity index (χ1n) is 8.11. The fraction of sp³-hybridized carbons (Fsp3) is 0.588. The van der Waals surface area contributed by atoms with Crippen molar-refractivity contribution in [3.8, 4) is 11.5 Å². The number of alkyl halides is 6. The first-order valence-corrected chi connectivity index (χ1v) is 9.21. The summed E-state index contributed by atoms with van der Waals surface area (Å²) in [6.45, 7) is 4.18. The van der Waals surface area contributed by atoms with Crippen LogP contribution in [-0.2, 0) is 11.0 Å². The Kier molecular flexibility index (Phi) is 7.92. The largest absolute Gasteiger partial charge is 0.496 e. The number of ether oxygens (including phenoxy) is 2. The Hall–Kier alpha value is -1.78. The van der Waals surface area contributed by atoms with Crippen molar-refractivity contribution in [2.45, 2.75) is 50.7 Å². The van der Waals surface area contributed by atoms with E-state index in [1.165, 1.54) is 20.8 Å². The molecule has 0 radical (unpaired) electrons. The zero-order valence-electron chi connectivity index (χ0n) is 15.7. The fourth-order valence-corrected chi connectivity index (χ4v) is 2.53. The van der Waals surface area contributed by atoms with Crippen molar-refractivity contribution < 1.29 is 40.0 Å². The molecule has 0 fully saturated rings. The second-order valence-electron chi connectivity index (χ2n) is 6.73. The summed E-state index contributed by atoms with van der Waals surface area (Å²) in [5.41, 5.74) is -1.82. The molecule has 28 heavy (non-hydrogen) atoms. The Balaban J connectivity index is 3.14. The van der Waals surface area contributed by atoms with E-state index in [-0.39, 0.29) is 24.5 Å². The summed E-state index contributed by atoms with van der Waals surface area (Å²) in [5, 5.41) is 0. The molecule has 0 amide bonds. The van der Waals surface area contributed by atoms with Gasteiger partial charge in [0.1, 0.15) is 22.5 Å². The first kappa shape index (κ1) is 24.3. The van der Waals surface area contributed by atoms with Gasteiger partial charge in [0.05, 0.1) is 18.5 Å². The molecule has 0 heterocycles. The van der Waals surface area contributed by atoms with E-state index >= 15 is 0 Å². The van der Waals surface area contributed by atoms with Gasteiger partial charge in [0.15, 0.2) is 5.71 Å². The zero-order chi connectivity index (χ0) is 21.8. The van der Waals surface area contributed by atoms with Crippen LogP contribution < -0.4 is 9.47 Å². The van der Waals surface area contributed by atoms with E-state index in [0.717, 1.165) is 25.3 Å². The van der Waals surface area contributed by atoms with Gasteiger partial charge in [-0.1, -0.05) is 0 Å². The normalized spacial score (nSPS) is 14.7. The Morgan fingerprint density at radius 1 is 1.11 bits per heavy atom. The average molecular weight is 433 g/mol. The van der Waals surface area contributed by atoms with Crippen molar-refractivity contribution in [3.05, 3.63) is 23.8 Å². The standard InChI is InChI=1S/C17H21F6NO3S/c1-15(2,3)28(25)24-14(17(21,22)23)12-7-6-11(10-13(12)26-4)27-9-5-8-16(18,19)20/h6-7,10H,5,8-9H2,1-4H3/t28-/m0/s1. The van der Waals surface area contributed by atoms with Gasteiger partial charge in [-0.3, -0.25) is 0 Å². The molecule has 0 aromatic heterocycles. The third-order valence-corrected chi connectivity index (χ3v) is 4.66. The summed E-state index contributed by atoms with van der Waals surface area (Å²) in [7, 11) is -1.04. The molecule has 160 valence electrons. The number of methoxy groups -OCH3 is 1. The van der Waals surface area contributed by atoms with E-state index in [9.17, 15) is 30.6 Å². The summed E-state index contributed by atoms with van der Waals surface area (Å²) >= 11 is 0. The summed E-state index contributed by atoms with van der Waals surface area (Å²) < 4.78 is 101. The minimum absolute atomic E-state index is 0.0428. The number of hydrogen-bond donors (Lipinski definition) is 0. The highest BCUT2D eigenvalue weighted by Crippen LogP contribution is 2.33. The molecule has 0 saturated carbocycles. The molecule has 0 aliphatic carbocycles. The monoisotopic (exact) mass is 433 g/mol. The predicted octanol–water partition coefficient (Wildman–Crippen LogP) is 5.23. The van der Waals surface area contributed by atoms with Gasteiger partial charge in [-0.25, -0.2) is 4.21 Å². The highest BCUT2D eigenvalue weighted by Gasteiger charge is 2.40. The van der Waals surface area contributed by atoms with E-state index in [2.05, 4.69) is 4.40 Å². The van der Waals surface area contributed by atoms with Crippen LogP contribution in [0.15, 0.2) is 22.6 Å². The molecular weight excluding hydrogens is 412 g/mol. The Morgan fingerprint density at radius 3 is 2.18 bits per heavy atom. The summed E-state index contributed by atoms with van der Waals surface area (Å²) in [4.78, 5) is 0. The van der Waals surface area contributed by atoms with Gasteiger partial charge >= 0.3 is 12.4 Å². The number of benzene rings is 1. The lowest BCUT2D eigenvalue weighted by molar-refractivity contribution is -0.136. The van der Waals surface area contributed by atoms with Gasteiger partial charge in [0, 0.05) is 18.1 Å². The SMILES string of the molecule is COc1cc(OCCCC(F)(F)F)ccc1C(=N[S@@](=O)C(C)(C)C)C(F)(F)F. The number of halogens is 6. The minimum atomic E-state index is -4.90. The summed E-state index contributed by atoms with van der Waals surface area (Å²) in [6.07, 6.45) is -10.5. The molecule has 0 aliphatic rings. The van der Waals surface area contributed by atoms with Crippen molar-refractivity contribution in [1.82, 2.24) is 0 Å². The van der Waals surface area contributed by atoms with Crippen LogP contribution in [-0.4, -0.2) is 40.7 Å². The van der Waals surface area contributed by atoms with Gasteiger partial charge in [-0.15, -0.1) is 0 Å². The van der Waals surface area contributed by atoms with Crippen LogP contribution in [0.2, 0.25) is 0 Å². The first-order chi connectivity index (χ1) is 12.6. The van der Waals surface area contributed by atoms with E-state index < -0.39 is 45.8 Å². The molecular formula is C17H21F6NO3S. The van der Waals surface area contributed by atoms with Crippen LogP contribution in [0.5, 0.6) is 11.5 Å². The number of hydrogen-bond acceptors (Lipinski definition) is 3.